The lowest BCUT2D eigenvalue weighted by molar-refractivity contribution is -0.0392. The molecule has 3 nitrogen and oxygen atoms in total. The van der Waals surface area contributed by atoms with Crippen LogP contribution in [0.3, 0.4) is 0 Å². The molecule has 0 aliphatic rings. The van der Waals surface area contributed by atoms with E-state index in [2.05, 4.69) is 37.7 Å². The van der Waals surface area contributed by atoms with Crippen LogP contribution in [0.15, 0.2) is 6.07 Å². The van der Waals surface area contributed by atoms with Gasteiger partial charge in [-0.25, -0.2) is 9.97 Å². The van der Waals surface area contributed by atoms with Crippen LogP contribution in [0.5, 0.6) is 0 Å². The Kier molecular flexibility index (Phi) is 4.73. The van der Waals surface area contributed by atoms with Crippen LogP contribution in [0.2, 0.25) is 5.15 Å². The molecule has 0 amide bonds. The Hall–Kier alpha value is -0.670. The van der Waals surface area contributed by atoms with E-state index < -0.39 is 5.60 Å². The van der Waals surface area contributed by atoms with Gasteiger partial charge >= 0.3 is 0 Å². The molecule has 0 saturated heterocycles. The zero-order chi connectivity index (χ0) is 14.0. The van der Waals surface area contributed by atoms with Gasteiger partial charge in [0.25, 0.3) is 0 Å². The highest BCUT2D eigenvalue weighted by Gasteiger charge is 2.30. The molecule has 1 atom stereocenters. The highest BCUT2D eigenvalue weighted by Crippen LogP contribution is 2.30. The van der Waals surface area contributed by atoms with Gasteiger partial charge in [-0.05, 0) is 26.3 Å². The second-order valence-corrected chi connectivity index (χ2v) is 6.05. The van der Waals surface area contributed by atoms with Gasteiger partial charge in [-0.2, -0.15) is 0 Å². The summed E-state index contributed by atoms with van der Waals surface area (Å²) in [4.78, 5) is 8.98. The van der Waals surface area contributed by atoms with E-state index in [1.807, 2.05) is 19.9 Å². The summed E-state index contributed by atoms with van der Waals surface area (Å²) < 4.78 is 5.80. The molecule has 1 aromatic rings. The molecule has 4 heteroatoms. The molecule has 0 fully saturated rings. The highest BCUT2D eigenvalue weighted by molar-refractivity contribution is 6.29. The monoisotopic (exact) mass is 270 g/mol. The van der Waals surface area contributed by atoms with E-state index in [0.29, 0.717) is 17.6 Å². The number of halogens is 1. The van der Waals surface area contributed by atoms with Crippen LogP contribution in [-0.4, -0.2) is 16.6 Å². The van der Waals surface area contributed by atoms with E-state index in [1.54, 1.807) is 0 Å². The van der Waals surface area contributed by atoms with Crippen LogP contribution in [0.4, 0.5) is 0 Å². The van der Waals surface area contributed by atoms with Crippen molar-refractivity contribution in [1.29, 1.82) is 0 Å². The van der Waals surface area contributed by atoms with Crippen molar-refractivity contribution in [2.24, 2.45) is 0 Å². The normalized spacial score (nSPS) is 15.5. The van der Waals surface area contributed by atoms with Crippen LogP contribution in [-0.2, 0) is 15.8 Å². The molecule has 1 aromatic heterocycles. The molecule has 102 valence electrons. The van der Waals surface area contributed by atoms with Gasteiger partial charge in [0, 0.05) is 12.0 Å². The minimum Gasteiger partial charge on any atom is -0.368 e. The predicted molar refractivity (Wildman–Crippen MR) is 75.0 cm³/mol. The van der Waals surface area contributed by atoms with E-state index >= 15 is 0 Å². The molecular formula is C14H23ClN2O. The van der Waals surface area contributed by atoms with Crippen molar-refractivity contribution in [2.75, 3.05) is 6.61 Å². The molecule has 0 radical (unpaired) electrons. The topological polar surface area (TPSA) is 35.0 Å². The van der Waals surface area contributed by atoms with Gasteiger partial charge in [-0.15, -0.1) is 0 Å². The van der Waals surface area contributed by atoms with Crippen molar-refractivity contribution < 1.29 is 4.74 Å². The van der Waals surface area contributed by atoms with Crippen molar-refractivity contribution in [3.8, 4) is 0 Å². The van der Waals surface area contributed by atoms with Gasteiger partial charge in [-0.3, -0.25) is 0 Å². The lowest BCUT2D eigenvalue weighted by Crippen LogP contribution is -2.29. The maximum atomic E-state index is 6.11. The largest absolute Gasteiger partial charge is 0.368 e. The first-order valence-corrected chi connectivity index (χ1v) is 6.80. The van der Waals surface area contributed by atoms with Crippen molar-refractivity contribution in [2.45, 2.75) is 59.0 Å². The molecule has 1 rings (SSSR count). The summed E-state index contributed by atoms with van der Waals surface area (Å²) in [6, 6.07) is 1.83. The zero-order valence-electron chi connectivity index (χ0n) is 12.2. The standard InChI is InChI=1S/C14H23ClN2O/c1-7-14(6,18-8-2)12-16-10(13(3,4)5)9-11(15)17-12/h9H,7-8H2,1-6H3. The Balaban J connectivity index is 3.28. The molecule has 18 heavy (non-hydrogen) atoms. The summed E-state index contributed by atoms with van der Waals surface area (Å²) in [5.41, 5.74) is 0.416. The van der Waals surface area contributed by atoms with Crippen molar-refractivity contribution in [1.82, 2.24) is 9.97 Å². The second-order valence-electron chi connectivity index (χ2n) is 5.67. The van der Waals surface area contributed by atoms with Crippen molar-refractivity contribution >= 4 is 11.6 Å². The number of aromatic nitrogens is 2. The smallest absolute Gasteiger partial charge is 0.161 e. The van der Waals surface area contributed by atoms with Gasteiger partial charge < -0.3 is 4.74 Å². The summed E-state index contributed by atoms with van der Waals surface area (Å²) in [6.45, 7) is 13.0. The summed E-state index contributed by atoms with van der Waals surface area (Å²) in [5.74, 6) is 0.671. The predicted octanol–water partition coefficient (Wildman–Crippen LogP) is 4.09. The van der Waals surface area contributed by atoms with E-state index in [1.165, 1.54) is 0 Å². The lowest BCUT2D eigenvalue weighted by atomic mass is 9.91. The molecule has 1 unspecified atom stereocenters. The highest BCUT2D eigenvalue weighted by atomic mass is 35.5. The van der Waals surface area contributed by atoms with E-state index in [-0.39, 0.29) is 5.41 Å². The third-order valence-corrected chi connectivity index (χ3v) is 3.27. The lowest BCUT2D eigenvalue weighted by Gasteiger charge is -2.28. The number of nitrogens with zero attached hydrogens (tertiary/aromatic N) is 2. The minimum atomic E-state index is -0.473. The van der Waals surface area contributed by atoms with Crippen LogP contribution >= 0.6 is 11.6 Å². The first-order chi connectivity index (χ1) is 8.23. The Morgan fingerprint density at radius 2 is 1.78 bits per heavy atom. The van der Waals surface area contributed by atoms with Gasteiger partial charge in [0.15, 0.2) is 5.82 Å². The molecule has 1 heterocycles. The van der Waals surface area contributed by atoms with Crippen LogP contribution in [0, 0.1) is 0 Å². The first kappa shape index (κ1) is 15.4. The SMILES string of the molecule is CCOC(C)(CC)c1nc(Cl)cc(C(C)(C)C)n1. The van der Waals surface area contributed by atoms with Crippen LogP contribution in [0.1, 0.15) is 59.5 Å². The Morgan fingerprint density at radius 1 is 1.17 bits per heavy atom. The van der Waals surface area contributed by atoms with Gasteiger partial charge in [-0.1, -0.05) is 39.3 Å². The second kappa shape index (κ2) is 5.54. The van der Waals surface area contributed by atoms with E-state index in [0.717, 1.165) is 12.1 Å². The van der Waals surface area contributed by atoms with Gasteiger partial charge in [0.05, 0.1) is 5.69 Å². The average molecular weight is 271 g/mol. The Bertz CT molecular complexity index is 415. The van der Waals surface area contributed by atoms with Crippen molar-refractivity contribution in [3.05, 3.63) is 22.7 Å². The summed E-state index contributed by atoms with van der Waals surface area (Å²) in [7, 11) is 0. The molecule has 0 N–H and O–H groups in total. The third-order valence-electron chi connectivity index (χ3n) is 3.07. The maximum absolute atomic E-state index is 6.11. The summed E-state index contributed by atoms with van der Waals surface area (Å²) in [6.07, 6.45) is 0.810. The maximum Gasteiger partial charge on any atom is 0.161 e. The Morgan fingerprint density at radius 3 is 2.22 bits per heavy atom. The molecule has 0 aromatic carbocycles. The molecule has 0 bridgehead atoms. The third kappa shape index (κ3) is 3.42. The molecule has 0 aliphatic carbocycles. The van der Waals surface area contributed by atoms with E-state index in [9.17, 15) is 0 Å². The minimum absolute atomic E-state index is 0.0534. The molecular weight excluding hydrogens is 248 g/mol. The quantitative estimate of drug-likeness (QED) is 0.773. The fourth-order valence-electron chi connectivity index (χ4n) is 1.68. The van der Waals surface area contributed by atoms with Gasteiger partial charge in [0.1, 0.15) is 10.8 Å². The number of hydrogen-bond acceptors (Lipinski definition) is 3. The average Bonchev–Trinajstić information content (AvgIpc) is 2.27. The Labute approximate surface area is 115 Å². The molecule has 0 spiro atoms. The van der Waals surface area contributed by atoms with Crippen molar-refractivity contribution in [3.63, 3.8) is 0 Å². The fraction of sp³-hybridized carbons (Fsp3) is 0.714. The summed E-state index contributed by atoms with van der Waals surface area (Å²) in [5, 5.41) is 0.476. The molecule has 0 saturated carbocycles. The fourth-order valence-corrected chi connectivity index (χ4v) is 1.87. The van der Waals surface area contributed by atoms with Crippen LogP contribution < -0.4 is 0 Å². The molecule has 0 aliphatic heterocycles. The van der Waals surface area contributed by atoms with Gasteiger partial charge in [0.2, 0.25) is 0 Å². The number of rotatable bonds is 4. The number of hydrogen-bond donors (Lipinski definition) is 0. The van der Waals surface area contributed by atoms with Crippen LogP contribution in [0.25, 0.3) is 0 Å². The zero-order valence-corrected chi connectivity index (χ0v) is 12.9. The van der Waals surface area contributed by atoms with E-state index in [4.69, 9.17) is 16.3 Å². The summed E-state index contributed by atoms with van der Waals surface area (Å²) >= 11 is 6.11. The first-order valence-electron chi connectivity index (χ1n) is 6.42. The number of ether oxygens (including phenoxy) is 1.